The average molecular weight is 242 g/mol. The van der Waals surface area contributed by atoms with Crippen molar-refractivity contribution in [2.75, 3.05) is 6.61 Å². The third-order valence-electron chi connectivity index (χ3n) is 2.72. The van der Waals surface area contributed by atoms with E-state index in [1.54, 1.807) is 13.8 Å². The maximum absolute atomic E-state index is 11.5. The van der Waals surface area contributed by atoms with Gasteiger partial charge < -0.3 is 14.2 Å². The van der Waals surface area contributed by atoms with Gasteiger partial charge in [-0.2, -0.15) is 0 Å². The first-order valence-electron chi connectivity index (χ1n) is 6.17. The molecule has 1 atom stereocenters. The van der Waals surface area contributed by atoms with E-state index < -0.39 is 11.9 Å². The summed E-state index contributed by atoms with van der Waals surface area (Å²) in [6.07, 6.45) is 4.41. The summed E-state index contributed by atoms with van der Waals surface area (Å²) in [4.78, 5) is 11.5. The summed E-state index contributed by atoms with van der Waals surface area (Å²) < 4.78 is 16.4. The monoisotopic (exact) mass is 242 g/mol. The highest BCUT2D eigenvalue weighted by Gasteiger charge is 2.35. The smallest absolute Gasteiger partial charge is 0.337 e. The molecule has 0 radical (unpaired) electrons. The lowest BCUT2D eigenvalue weighted by Gasteiger charge is -2.31. The Morgan fingerprint density at radius 1 is 1.41 bits per heavy atom. The molecular weight excluding hydrogens is 220 g/mol. The van der Waals surface area contributed by atoms with Gasteiger partial charge in [0.2, 0.25) is 0 Å². The van der Waals surface area contributed by atoms with Crippen LogP contribution in [0.15, 0.2) is 12.2 Å². The molecule has 1 aliphatic carbocycles. The molecule has 0 aromatic carbocycles. The highest BCUT2D eigenvalue weighted by Crippen LogP contribution is 2.27. The van der Waals surface area contributed by atoms with Gasteiger partial charge in [0.15, 0.2) is 0 Å². The van der Waals surface area contributed by atoms with Crippen LogP contribution in [0, 0.1) is 0 Å². The second-order valence-electron chi connectivity index (χ2n) is 4.49. The fraction of sp³-hybridized carbons (Fsp3) is 0.769. The van der Waals surface area contributed by atoms with Crippen LogP contribution in [0.2, 0.25) is 0 Å². The molecule has 4 nitrogen and oxygen atoms in total. The van der Waals surface area contributed by atoms with E-state index in [0.29, 0.717) is 12.2 Å². The summed E-state index contributed by atoms with van der Waals surface area (Å²) in [6, 6.07) is 0. The maximum atomic E-state index is 11.5. The molecular formula is C13H22O4. The Kier molecular flexibility index (Phi) is 5.15. The third kappa shape index (κ3) is 4.48. The van der Waals surface area contributed by atoms with Crippen LogP contribution in [0.1, 0.15) is 46.5 Å². The zero-order chi connectivity index (χ0) is 12.9. The molecule has 0 aromatic heterocycles. The molecule has 1 aliphatic rings. The minimum Gasteiger partial charge on any atom is -0.405 e. The lowest BCUT2D eigenvalue weighted by atomic mass is 10.3. The quantitative estimate of drug-likeness (QED) is 0.408. The molecule has 0 saturated heterocycles. The Bertz CT molecular complexity index is 281. The van der Waals surface area contributed by atoms with Crippen LogP contribution in [0.4, 0.5) is 0 Å². The minimum atomic E-state index is -1.29. The molecule has 98 valence electrons. The maximum Gasteiger partial charge on any atom is 0.337 e. The molecule has 0 spiro atoms. The Labute approximate surface area is 103 Å². The van der Waals surface area contributed by atoms with Crippen molar-refractivity contribution in [2.24, 2.45) is 0 Å². The fourth-order valence-electron chi connectivity index (χ4n) is 1.91. The summed E-state index contributed by atoms with van der Waals surface area (Å²) in [7, 11) is 0. The number of hydrogen-bond acceptors (Lipinski definition) is 4. The topological polar surface area (TPSA) is 44.8 Å². The molecule has 1 unspecified atom stereocenters. The lowest BCUT2D eigenvalue weighted by Crippen LogP contribution is -2.40. The predicted molar refractivity (Wildman–Crippen MR) is 64.3 cm³/mol. The molecule has 0 amide bonds. The largest absolute Gasteiger partial charge is 0.405 e. The fourth-order valence-corrected chi connectivity index (χ4v) is 1.91. The molecule has 1 fully saturated rings. The summed E-state index contributed by atoms with van der Waals surface area (Å²) >= 11 is 0. The van der Waals surface area contributed by atoms with Crippen LogP contribution in [-0.2, 0) is 19.0 Å². The number of rotatable bonds is 6. The van der Waals surface area contributed by atoms with Gasteiger partial charge in [0.05, 0.1) is 12.7 Å². The van der Waals surface area contributed by atoms with E-state index in [2.05, 4.69) is 6.58 Å². The van der Waals surface area contributed by atoms with Crippen LogP contribution in [-0.4, -0.2) is 24.7 Å². The first-order chi connectivity index (χ1) is 7.97. The highest BCUT2D eigenvalue weighted by atomic mass is 16.9. The van der Waals surface area contributed by atoms with E-state index >= 15 is 0 Å². The van der Waals surface area contributed by atoms with Gasteiger partial charge in [-0.05, 0) is 26.7 Å². The SMILES string of the molecule is C=C(C)C(=O)OC(C)(OCC)OC1CCCC1. The van der Waals surface area contributed by atoms with Crippen LogP contribution in [0.25, 0.3) is 0 Å². The van der Waals surface area contributed by atoms with Gasteiger partial charge >= 0.3 is 11.9 Å². The molecule has 0 aliphatic heterocycles. The van der Waals surface area contributed by atoms with Crippen molar-refractivity contribution < 1.29 is 19.0 Å². The molecule has 4 heteroatoms. The zero-order valence-corrected chi connectivity index (χ0v) is 11.0. The predicted octanol–water partition coefficient (Wildman–Crippen LogP) is 2.78. The second kappa shape index (κ2) is 6.17. The Balaban J connectivity index is 2.59. The highest BCUT2D eigenvalue weighted by molar-refractivity contribution is 5.87. The lowest BCUT2D eigenvalue weighted by molar-refractivity contribution is -0.363. The molecule has 1 rings (SSSR count). The molecule has 0 heterocycles. The van der Waals surface area contributed by atoms with Crippen molar-refractivity contribution >= 4 is 5.97 Å². The van der Waals surface area contributed by atoms with Gasteiger partial charge in [-0.3, -0.25) is 0 Å². The van der Waals surface area contributed by atoms with E-state index in [-0.39, 0.29) is 6.10 Å². The second-order valence-corrected chi connectivity index (χ2v) is 4.49. The van der Waals surface area contributed by atoms with Gasteiger partial charge in [-0.1, -0.05) is 19.4 Å². The number of esters is 1. The van der Waals surface area contributed by atoms with Crippen molar-refractivity contribution in [1.29, 1.82) is 0 Å². The number of carbonyl (C=O) groups excluding carboxylic acids is 1. The third-order valence-corrected chi connectivity index (χ3v) is 2.72. The van der Waals surface area contributed by atoms with E-state index in [4.69, 9.17) is 14.2 Å². The normalized spacial score (nSPS) is 19.9. The van der Waals surface area contributed by atoms with Crippen LogP contribution in [0.5, 0.6) is 0 Å². The standard InChI is InChI=1S/C13H22O4/c1-5-15-13(4,17-12(14)10(2)3)16-11-8-6-7-9-11/h11H,2,5-9H2,1,3-4H3. The molecule has 17 heavy (non-hydrogen) atoms. The van der Waals surface area contributed by atoms with Crippen LogP contribution < -0.4 is 0 Å². The average Bonchev–Trinajstić information content (AvgIpc) is 2.69. The van der Waals surface area contributed by atoms with Crippen molar-refractivity contribution in [3.63, 3.8) is 0 Å². The van der Waals surface area contributed by atoms with Crippen molar-refractivity contribution in [1.82, 2.24) is 0 Å². The number of carbonyl (C=O) groups is 1. The summed E-state index contributed by atoms with van der Waals surface area (Å²) in [6.45, 7) is 9.04. The van der Waals surface area contributed by atoms with Crippen molar-refractivity contribution in [3.8, 4) is 0 Å². The van der Waals surface area contributed by atoms with Gasteiger partial charge in [0.25, 0.3) is 0 Å². The molecule has 0 aromatic rings. The van der Waals surface area contributed by atoms with Crippen molar-refractivity contribution in [3.05, 3.63) is 12.2 Å². The van der Waals surface area contributed by atoms with Gasteiger partial charge in [0.1, 0.15) is 0 Å². The molecule has 0 bridgehead atoms. The molecule has 0 N–H and O–H groups in total. The number of hydrogen-bond donors (Lipinski definition) is 0. The summed E-state index contributed by atoms with van der Waals surface area (Å²) in [5, 5.41) is 0. The Morgan fingerprint density at radius 3 is 2.47 bits per heavy atom. The first kappa shape index (κ1) is 14.2. The van der Waals surface area contributed by atoms with E-state index in [0.717, 1.165) is 25.7 Å². The number of ether oxygens (including phenoxy) is 3. The minimum absolute atomic E-state index is 0.115. The summed E-state index contributed by atoms with van der Waals surface area (Å²) in [5.41, 5.74) is 0.339. The van der Waals surface area contributed by atoms with Gasteiger partial charge in [-0.15, -0.1) is 0 Å². The van der Waals surface area contributed by atoms with Crippen LogP contribution in [0.3, 0.4) is 0 Å². The van der Waals surface area contributed by atoms with Crippen LogP contribution >= 0.6 is 0 Å². The van der Waals surface area contributed by atoms with E-state index in [9.17, 15) is 4.79 Å². The first-order valence-corrected chi connectivity index (χ1v) is 6.17. The zero-order valence-electron chi connectivity index (χ0n) is 11.0. The Hall–Kier alpha value is -0.870. The van der Waals surface area contributed by atoms with E-state index in [1.165, 1.54) is 0 Å². The molecule has 1 saturated carbocycles. The van der Waals surface area contributed by atoms with E-state index in [1.807, 2.05) is 6.92 Å². The summed E-state index contributed by atoms with van der Waals surface area (Å²) in [5.74, 6) is -1.78. The van der Waals surface area contributed by atoms with Gasteiger partial charge in [-0.25, -0.2) is 4.79 Å². The Morgan fingerprint density at radius 2 is 2.00 bits per heavy atom. The van der Waals surface area contributed by atoms with Crippen molar-refractivity contribution in [2.45, 2.75) is 58.5 Å². The van der Waals surface area contributed by atoms with Gasteiger partial charge in [0, 0.05) is 12.5 Å².